The Hall–Kier alpha value is -1.75. The summed E-state index contributed by atoms with van der Waals surface area (Å²) in [6, 6.07) is 5.68. The summed E-state index contributed by atoms with van der Waals surface area (Å²) in [5.41, 5.74) is 6.11. The van der Waals surface area contributed by atoms with Crippen LogP contribution in [-0.4, -0.2) is 26.2 Å². The van der Waals surface area contributed by atoms with Crippen molar-refractivity contribution in [2.45, 2.75) is 45.6 Å². The van der Waals surface area contributed by atoms with Gasteiger partial charge in [0, 0.05) is 12.1 Å². The van der Waals surface area contributed by atoms with Crippen LogP contribution in [0.4, 0.5) is 0 Å². The summed E-state index contributed by atoms with van der Waals surface area (Å²) in [7, 11) is 1.58. The fourth-order valence-electron chi connectivity index (χ4n) is 2.24. The first kappa shape index (κ1) is 18.3. The number of unbranched alkanes of at least 4 members (excludes halogenated alkanes) is 4. The highest BCUT2D eigenvalue weighted by Crippen LogP contribution is 2.30. The first-order chi connectivity index (χ1) is 10.7. The van der Waals surface area contributed by atoms with Crippen molar-refractivity contribution in [1.82, 2.24) is 5.32 Å². The predicted molar refractivity (Wildman–Crippen MR) is 88.1 cm³/mol. The Balaban J connectivity index is 2.48. The zero-order valence-electron chi connectivity index (χ0n) is 13.7. The van der Waals surface area contributed by atoms with Crippen LogP contribution in [0.5, 0.6) is 11.5 Å². The normalized spacial score (nSPS) is 10.5. The van der Waals surface area contributed by atoms with Gasteiger partial charge in [-0.3, -0.25) is 4.79 Å². The number of carbonyl (C=O) groups is 1. The molecule has 0 saturated carbocycles. The van der Waals surface area contributed by atoms with Crippen molar-refractivity contribution >= 4 is 5.91 Å². The van der Waals surface area contributed by atoms with Gasteiger partial charge in [0.1, 0.15) is 0 Å². The Labute approximate surface area is 133 Å². The van der Waals surface area contributed by atoms with Gasteiger partial charge in [-0.2, -0.15) is 0 Å². The summed E-state index contributed by atoms with van der Waals surface area (Å²) in [5.74, 6) is 0.700. The molecular formula is C17H28N2O3. The first-order valence-electron chi connectivity index (χ1n) is 7.96. The lowest BCUT2D eigenvalue weighted by Crippen LogP contribution is -2.21. The molecule has 3 N–H and O–H groups in total. The zero-order valence-corrected chi connectivity index (χ0v) is 13.7. The second-order valence-electron chi connectivity index (χ2n) is 5.29. The van der Waals surface area contributed by atoms with E-state index in [0.717, 1.165) is 12.1 Å². The molecule has 22 heavy (non-hydrogen) atoms. The summed E-state index contributed by atoms with van der Waals surface area (Å²) in [6.45, 7) is 3.72. The minimum Gasteiger partial charge on any atom is -0.493 e. The molecule has 0 unspecified atom stereocenters. The number of benzene rings is 1. The van der Waals surface area contributed by atoms with Crippen molar-refractivity contribution in [1.29, 1.82) is 0 Å². The molecule has 1 aromatic rings. The first-order valence-corrected chi connectivity index (χ1v) is 7.96. The Morgan fingerprint density at radius 1 is 1.23 bits per heavy atom. The molecule has 1 rings (SSSR count). The highest BCUT2D eigenvalue weighted by Gasteiger charge is 2.11. The molecule has 0 spiro atoms. The maximum absolute atomic E-state index is 10.9. The third-order valence-electron chi connectivity index (χ3n) is 3.41. The summed E-state index contributed by atoms with van der Waals surface area (Å²) >= 11 is 0. The minimum atomic E-state index is -0.499. The van der Waals surface area contributed by atoms with Crippen LogP contribution in [0.15, 0.2) is 18.2 Å². The summed E-state index contributed by atoms with van der Waals surface area (Å²) in [6.07, 6.45) is 6.29. The molecule has 0 aromatic heterocycles. The van der Waals surface area contributed by atoms with Gasteiger partial charge < -0.3 is 20.5 Å². The second-order valence-corrected chi connectivity index (χ2v) is 5.29. The van der Waals surface area contributed by atoms with E-state index < -0.39 is 5.91 Å². The van der Waals surface area contributed by atoms with E-state index in [9.17, 15) is 4.79 Å². The average Bonchev–Trinajstić information content (AvgIpc) is 2.52. The lowest BCUT2D eigenvalue weighted by atomic mass is 10.1. The third kappa shape index (κ3) is 6.80. The third-order valence-corrected chi connectivity index (χ3v) is 3.41. The van der Waals surface area contributed by atoms with Gasteiger partial charge in [0.25, 0.3) is 5.91 Å². The van der Waals surface area contributed by atoms with Gasteiger partial charge in [-0.25, -0.2) is 0 Å². The number of amides is 1. The summed E-state index contributed by atoms with van der Waals surface area (Å²) < 4.78 is 10.8. The van der Waals surface area contributed by atoms with Crippen LogP contribution >= 0.6 is 0 Å². The quantitative estimate of drug-likeness (QED) is 0.582. The molecule has 124 valence electrons. The molecule has 0 bridgehead atoms. The minimum absolute atomic E-state index is 0.148. The molecule has 1 amide bonds. The van der Waals surface area contributed by atoms with Crippen LogP contribution < -0.4 is 20.5 Å². The maximum atomic E-state index is 10.9. The number of para-hydroxylation sites is 1. The van der Waals surface area contributed by atoms with Crippen LogP contribution in [0, 0.1) is 0 Å². The molecule has 5 heteroatoms. The molecule has 0 aliphatic carbocycles. The molecule has 0 aliphatic rings. The van der Waals surface area contributed by atoms with E-state index in [1.54, 1.807) is 7.11 Å². The Kier molecular flexibility index (Phi) is 9.07. The fraction of sp³-hybridized carbons (Fsp3) is 0.588. The van der Waals surface area contributed by atoms with Crippen molar-refractivity contribution < 1.29 is 14.3 Å². The molecule has 0 heterocycles. The van der Waals surface area contributed by atoms with E-state index in [1.165, 1.54) is 32.1 Å². The molecule has 1 aromatic carbocycles. The molecule has 0 atom stereocenters. The number of carbonyl (C=O) groups excluding carboxylic acids is 1. The maximum Gasteiger partial charge on any atom is 0.255 e. The van der Waals surface area contributed by atoms with Crippen molar-refractivity contribution in [3.63, 3.8) is 0 Å². The van der Waals surface area contributed by atoms with E-state index in [0.29, 0.717) is 18.0 Å². The second kappa shape index (κ2) is 10.9. The molecule has 0 saturated heterocycles. The van der Waals surface area contributed by atoms with Crippen molar-refractivity contribution in [2.24, 2.45) is 5.73 Å². The average molecular weight is 308 g/mol. The van der Waals surface area contributed by atoms with Gasteiger partial charge in [-0.15, -0.1) is 0 Å². The topological polar surface area (TPSA) is 73.6 Å². The Morgan fingerprint density at radius 2 is 2.00 bits per heavy atom. The fourth-order valence-corrected chi connectivity index (χ4v) is 2.24. The Morgan fingerprint density at radius 3 is 2.68 bits per heavy atom. The standard InChI is InChI=1S/C17H28N2O3/c1-3-4-5-6-7-11-19-12-14-9-8-10-15(21-2)17(14)22-13-16(18)20/h8-10,19H,3-7,11-13H2,1-2H3,(H2,18,20). The van der Waals surface area contributed by atoms with E-state index in [1.807, 2.05) is 18.2 Å². The highest BCUT2D eigenvalue weighted by atomic mass is 16.5. The molecule has 0 radical (unpaired) electrons. The van der Waals surface area contributed by atoms with Crippen LogP contribution in [0.2, 0.25) is 0 Å². The number of methoxy groups -OCH3 is 1. The van der Waals surface area contributed by atoms with Gasteiger partial charge in [0.15, 0.2) is 18.1 Å². The van der Waals surface area contributed by atoms with Gasteiger partial charge in [0.2, 0.25) is 0 Å². The number of ether oxygens (including phenoxy) is 2. The lowest BCUT2D eigenvalue weighted by molar-refractivity contribution is -0.119. The van der Waals surface area contributed by atoms with E-state index in [-0.39, 0.29) is 6.61 Å². The SMILES string of the molecule is CCCCCCCNCc1cccc(OC)c1OCC(N)=O. The van der Waals surface area contributed by atoms with Crippen LogP contribution in [-0.2, 0) is 11.3 Å². The number of primary amides is 1. The number of hydrogen-bond donors (Lipinski definition) is 2. The number of nitrogens with two attached hydrogens (primary N) is 1. The van der Waals surface area contributed by atoms with Gasteiger partial charge in [-0.1, -0.05) is 44.7 Å². The van der Waals surface area contributed by atoms with E-state index >= 15 is 0 Å². The predicted octanol–water partition coefficient (Wildman–Crippen LogP) is 2.62. The zero-order chi connectivity index (χ0) is 16.2. The van der Waals surface area contributed by atoms with Crippen LogP contribution in [0.1, 0.15) is 44.6 Å². The summed E-state index contributed by atoms with van der Waals surface area (Å²) in [4.78, 5) is 10.9. The van der Waals surface area contributed by atoms with Gasteiger partial charge in [-0.05, 0) is 19.0 Å². The van der Waals surface area contributed by atoms with Gasteiger partial charge in [0.05, 0.1) is 7.11 Å². The Bertz CT molecular complexity index is 450. The monoisotopic (exact) mass is 308 g/mol. The van der Waals surface area contributed by atoms with E-state index in [2.05, 4.69) is 12.2 Å². The van der Waals surface area contributed by atoms with Crippen molar-refractivity contribution in [3.05, 3.63) is 23.8 Å². The van der Waals surface area contributed by atoms with Gasteiger partial charge >= 0.3 is 0 Å². The number of nitrogens with one attached hydrogen (secondary N) is 1. The largest absolute Gasteiger partial charge is 0.493 e. The molecule has 0 fully saturated rings. The molecule has 5 nitrogen and oxygen atoms in total. The number of hydrogen-bond acceptors (Lipinski definition) is 4. The lowest BCUT2D eigenvalue weighted by Gasteiger charge is -2.14. The van der Waals surface area contributed by atoms with E-state index in [4.69, 9.17) is 15.2 Å². The smallest absolute Gasteiger partial charge is 0.255 e. The van der Waals surface area contributed by atoms with Crippen LogP contribution in [0.3, 0.4) is 0 Å². The highest BCUT2D eigenvalue weighted by molar-refractivity contribution is 5.75. The summed E-state index contributed by atoms with van der Waals surface area (Å²) in [5, 5.41) is 3.41. The number of rotatable bonds is 12. The molecule has 0 aliphatic heterocycles. The van der Waals surface area contributed by atoms with Crippen molar-refractivity contribution in [2.75, 3.05) is 20.3 Å². The molecular weight excluding hydrogens is 280 g/mol. The van der Waals surface area contributed by atoms with Crippen molar-refractivity contribution in [3.8, 4) is 11.5 Å². The van der Waals surface area contributed by atoms with Crippen LogP contribution in [0.25, 0.3) is 0 Å².